The fraction of sp³-hybridized carbons (Fsp3) is 0.448. The summed E-state index contributed by atoms with van der Waals surface area (Å²) >= 11 is 12.1. The van der Waals surface area contributed by atoms with Crippen LogP contribution < -0.4 is 14.5 Å². The van der Waals surface area contributed by atoms with Gasteiger partial charge in [0.25, 0.3) is 5.91 Å². The summed E-state index contributed by atoms with van der Waals surface area (Å²) in [6.45, 7) is 9.07. The van der Waals surface area contributed by atoms with Gasteiger partial charge >= 0.3 is 12.1 Å². The number of hydrogen-bond acceptors (Lipinski definition) is 8. The molecule has 2 heterocycles. The number of alkyl halides is 3. The summed E-state index contributed by atoms with van der Waals surface area (Å²) in [6.07, 6.45) is -4.79. The van der Waals surface area contributed by atoms with Crippen LogP contribution in [0, 0.1) is 11.3 Å². The van der Waals surface area contributed by atoms with Gasteiger partial charge in [-0.25, -0.2) is 0 Å². The minimum Gasteiger partial charge on any atom is -0.491 e. The van der Waals surface area contributed by atoms with E-state index in [1.54, 1.807) is 32.0 Å². The number of esters is 1. The van der Waals surface area contributed by atoms with Crippen LogP contribution in [0.3, 0.4) is 0 Å². The van der Waals surface area contributed by atoms with Crippen LogP contribution >= 0.6 is 23.8 Å². The predicted octanol–water partition coefficient (Wildman–Crippen LogP) is 4.71. The number of halogens is 4. The Labute approximate surface area is 258 Å². The van der Waals surface area contributed by atoms with Crippen LogP contribution in [0.1, 0.15) is 31.9 Å². The minimum atomic E-state index is -4.79. The molecule has 43 heavy (non-hydrogen) atoms. The molecule has 0 aromatic heterocycles. The third-order valence-electron chi connectivity index (χ3n) is 7.69. The monoisotopic (exact) mass is 637 g/mol. The number of ether oxygens (including phenoxy) is 2. The van der Waals surface area contributed by atoms with E-state index in [-0.39, 0.29) is 27.8 Å². The Morgan fingerprint density at radius 2 is 1.79 bits per heavy atom. The summed E-state index contributed by atoms with van der Waals surface area (Å²) in [6, 6.07) is 9.21. The number of nitrogens with zero attached hydrogens (tertiary/aromatic N) is 5. The van der Waals surface area contributed by atoms with Crippen LogP contribution in [-0.2, 0) is 20.5 Å². The molecule has 2 fully saturated rings. The summed E-state index contributed by atoms with van der Waals surface area (Å²) in [7, 11) is 1.38. The number of hydrogen-bond donors (Lipinski definition) is 0. The number of rotatable bonds is 8. The van der Waals surface area contributed by atoms with Crippen LogP contribution in [0.15, 0.2) is 36.4 Å². The second-order valence-electron chi connectivity index (χ2n) is 10.7. The van der Waals surface area contributed by atoms with E-state index in [2.05, 4.69) is 9.80 Å². The lowest BCUT2D eigenvalue weighted by atomic mass is 10.0. The molecule has 9 nitrogen and oxygen atoms in total. The number of carbonyl (C=O) groups excluding carboxylic acids is 2. The van der Waals surface area contributed by atoms with E-state index in [1.807, 2.05) is 6.92 Å². The summed E-state index contributed by atoms with van der Waals surface area (Å²) < 4.78 is 51.6. The van der Waals surface area contributed by atoms with Crippen molar-refractivity contribution in [2.75, 3.05) is 56.2 Å². The lowest BCUT2D eigenvalue weighted by Gasteiger charge is -2.36. The van der Waals surface area contributed by atoms with Crippen LogP contribution in [0.2, 0.25) is 5.02 Å². The number of thiocarbonyl (C=S) groups is 1. The summed E-state index contributed by atoms with van der Waals surface area (Å²) in [5, 5.41) is 9.38. The second-order valence-corrected chi connectivity index (χ2v) is 11.5. The Morgan fingerprint density at radius 3 is 2.37 bits per heavy atom. The fourth-order valence-electron chi connectivity index (χ4n) is 5.18. The fourth-order valence-corrected chi connectivity index (χ4v) is 5.94. The van der Waals surface area contributed by atoms with Crippen molar-refractivity contribution in [3.8, 4) is 11.8 Å². The van der Waals surface area contributed by atoms with Gasteiger partial charge < -0.3 is 14.4 Å². The van der Waals surface area contributed by atoms with E-state index < -0.39 is 28.7 Å². The molecule has 1 amide bonds. The van der Waals surface area contributed by atoms with Crippen molar-refractivity contribution in [3.05, 3.63) is 52.5 Å². The minimum absolute atomic E-state index is 0.0294. The molecule has 2 aromatic rings. The van der Waals surface area contributed by atoms with Crippen molar-refractivity contribution in [1.82, 2.24) is 9.80 Å². The van der Waals surface area contributed by atoms with E-state index in [0.29, 0.717) is 24.6 Å². The molecule has 2 saturated heterocycles. The summed E-state index contributed by atoms with van der Waals surface area (Å²) in [5.41, 5.74) is -2.58. The van der Waals surface area contributed by atoms with Gasteiger partial charge in [0.15, 0.2) is 5.11 Å². The van der Waals surface area contributed by atoms with Gasteiger partial charge in [0.2, 0.25) is 0 Å². The van der Waals surface area contributed by atoms with Gasteiger partial charge in [-0.2, -0.15) is 18.4 Å². The number of amides is 1. The Kier molecular flexibility index (Phi) is 9.56. The standard InChI is InChI=1S/C29H31ClF3N5O4S/c1-18(25(39)41-4)36-11-9-35(10-12-36)13-14-42-24-8-7-21(16-23(24)30)38-27(43)37(26(40)28(38,2)3)20-6-5-19(17-34)22(15-20)29(31,32)33/h5-8,15-16,18H,9-14H2,1-4H3. The highest BCUT2D eigenvalue weighted by atomic mass is 35.5. The largest absolute Gasteiger partial charge is 0.491 e. The molecular formula is C29H31ClF3N5O4S. The maximum Gasteiger partial charge on any atom is 0.417 e. The van der Waals surface area contributed by atoms with E-state index in [9.17, 15) is 22.8 Å². The molecular weight excluding hydrogens is 607 g/mol. The summed E-state index contributed by atoms with van der Waals surface area (Å²) in [5.74, 6) is -0.362. The molecule has 230 valence electrons. The zero-order valence-corrected chi connectivity index (χ0v) is 25.6. The first kappa shape index (κ1) is 32.5. The Balaban J connectivity index is 1.44. The molecule has 0 N–H and O–H groups in total. The number of benzene rings is 2. The van der Waals surface area contributed by atoms with Gasteiger partial charge in [-0.1, -0.05) is 11.6 Å². The molecule has 0 radical (unpaired) electrons. The SMILES string of the molecule is COC(=O)C(C)N1CCN(CCOc2ccc(N3C(=S)N(c4ccc(C#N)c(C(F)(F)F)c4)C(=O)C3(C)C)cc2Cl)CC1. The van der Waals surface area contributed by atoms with Gasteiger partial charge in [0.1, 0.15) is 23.9 Å². The van der Waals surface area contributed by atoms with Crippen molar-refractivity contribution >= 4 is 52.2 Å². The third-order valence-corrected chi connectivity index (χ3v) is 8.35. The van der Waals surface area contributed by atoms with Gasteiger partial charge in [-0.15, -0.1) is 0 Å². The van der Waals surface area contributed by atoms with Crippen molar-refractivity contribution in [2.45, 2.75) is 38.5 Å². The zero-order valence-electron chi connectivity index (χ0n) is 24.1. The average Bonchev–Trinajstić information content (AvgIpc) is 3.15. The lowest BCUT2D eigenvalue weighted by Crippen LogP contribution is -2.52. The molecule has 0 aliphatic carbocycles. The van der Waals surface area contributed by atoms with Crippen LogP contribution in [0.4, 0.5) is 24.5 Å². The first-order valence-electron chi connectivity index (χ1n) is 13.5. The molecule has 1 atom stereocenters. The predicted molar refractivity (Wildman–Crippen MR) is 159 cm³/mol. The highest BCUT2D eigenvalue weighted by Gasteiger charge is 2.51. The van der Waals surface area contributed by atoms with Gasteiger partial charge in [0.05, 0.1) is 35.0 Å². The Bertz CT molecular complexity index is 1460. The van der Waals surface area contributed by atoms with Crippen molar-refractivity contribution in [2.24, 2.45) is 0 Å². The topological polar surface area (TPSA) is 89.3 Å². The average molecular weight is 638 g/mol. The summed E-state index contributed by atoms with van der Waals surface area (Å²) in [4.78, 5) is 32.1. The van der Waals surface area contributed by atoms with Crippen LogP contribution in [0.5, 0.6) is 5.75 Å². The quantitative estimate of drug-likeness (QED) is 0.302. The smallest absolute Gasteiger partial charge is 0.417 e. The lowest BCUT2D eigenvalue weighted by molar-refractivity contribution is -0.147. The normalized spacial score (nSPS) is 18.5. The van der Waals surface area contributed by atoms with Gasteiger partial charge in [0, 0.05) is 38.4 Å². The number of nitriles is 1. The van der Waals surface area contributed by atoms with Crippen molar-refractivity contribution < 1.29 is 32.2 Å². The van der Waals surface area contributed by atoms with Gasteiger partial charge in [-0.05, 0) is 69.4 Å². The van der Waals surface area contributed by atoms with Crippen LogP contribution in [-0.4, -0.2) is 84.8 Å². The first-order chi connectivity index (χ1) is 20.2. The third kappa shape index (κ3) is 6.57. The second kappa shape index (κ2) is 12.7. The van der Waals surface area contributed by atoms with E-state index in [0.717, 1.165) is 43.2 Å². The van der Waals surface area contributed by atoms with Gasteiger partial charge in [-0.3, -0.25) is 24.3 Å². The molecule has 14 heteroatoms. The molecule has 0 bridgehead atoms. The first-order valence-corrected chi connectivity index (χ1v) is 14.3. The zero-order chi connectivity index (χ0) is 31.7. The van der Waals surface area contributed by atoms with E-state index in [4.69, 9.17) is 38.6 Å². The maximum atomic E-state index is 13.6. The molecule has 4 rings (SSSR count). The molecule has 0 spiro atoms. The molecule has 2 aliphatic heterocycles. The molecule has 2 aliphatic rings. The number of piperazine rings is 1. The molecule has 2 aromatic carbocycles. The number of carbonyl (C=O) groups is 2. The van der Waals surface area contributed by atoms with Crippen molar-refractivity contribution in [1.29, 1.82) is 5.26 Å². The highest BCUT2D eigenvalue weighted by molar-refractivity contribution is 7.81. The van der Waals surface area contributed by atoms with Crippen molar-refractivity contribution in [3.63, 3.8) is 0 Å². The van der Waals surface area contributed by atoms with Crippen LogP contribution in [0.25, 0.3) is 0 Å². The maximum absolute atomic E-state index is 13.6. The molecule has 0 saturated carbocycles. The molecule has 1 unspecified atom stereocenters. The Morgan fingerprint density at radius 1 is 1.14 bits per heavy atom. The Hall–Kier alpha value is -3.44. The highest BCUT2D eigenvalue weighted by Crippen LogP contribution is 2.41. The number of anilines is 2. The van der Waals surface area contributed by atoms with E-state index in [1.165, 1.54) is 24.1 Å². The number of methoxy groups -OCH3 is 1. The van der Waals surface area contributed by atoms with E-state index >= 15 is 0 Å².